The Bertz CT molecular complexity index is 636. The van der Waals surface area contributed by atoms with Gasteiger partial charge in [-0.05, 0) is 24.1 Å². The molecule has 0 unspecified atom stereocenters. The van der Waals surface area contributed by atoms with Crippen molar-refractivity contribution in [3.05, 3.63) is 45.7 Å². The lowest BCUT2D eigenvalue weighted by Crippen LogP contribution is -2.08. The molecule has 0 atom stereocenters. The van der Waals surface area contributed by atoms with Gasteiger partial charge in [-0.1, -0.05) is 37.0 Å². The number of rotatable bonds is 3. The van der Waals surface area contributed by atoms with Crippen LogP contribution in [0.1, 0.15) is 35.8 Å². The van der Waals surface area contributed by atoms with Gasteiger partial charge in [-0.15, -0.1) is 0 Å². The summed E-state index contributed by atoms with van der Waals surface area (Å²) in [5.74, 6) is -1.000. The zero-order chi connectivity index (χ0) is 14.2. The first-order valence-electron chi connectivity index (χ1n) is 5.68. The highest BCUT2D eigenvalue weighted by Gasteiger charge is 2.21. The van der Waals surface area contributed by atoms with Gasteiger partial charge in [0, 0.05) is 5.02 Å². The van der Waals surface area contributed by atoms with Gasteiger partial charge >= 0.3 is 5.97 Å². The molecule has 0 saturated carbocycles. The fraction of sp³-hybridized carbons (Fsp3) is 0.231. The molecule has 4 nitrogen and oxygen atoms in total. The zero-order valence-corrected chi connectivity index (χ0v) is 11.9. The molecule has 2 rings (SSSR count). The van der Waals surface area contributed by atoms with Gasteiger partial charge in [0.1, 0.15) is 5.56 Å². The van der Waals surface area contributed by atoms with Crippen molar-refractivity contribution < 1.29 is 9.90 Å². The molecule has 2 aromatic rings. The number of benzene rings is 1. The fourth-order valence-electron chi connectivity index (χ4n) is 1.92. The predicted molar refractivity (Wildman–Crippen MR) is 74.6 cm³/mol. The van der Waals surface area contributed by atoms with E-state index in [1.807, 2.05) is 13.8 Å². The van der Waals surface area contributed by atoms with Gasteiger partial charge in [0.2, 0.25) is 0 Å². The van der Waals surface area contributed by atoms with Crippen molar-refractivity contribution in [1.82, 2.24) is 9.78 Å². The minimum atomic E-state index is -1.000. The van der Waals surface area contributed by atoms with Crippen molar-refractivity contribution in [3.63, 3.8) is 0 Å². The standard InChI is InChI=1S/C13H12Cl2N2O2/c1-7(2)12-9(13(18)19)6-16-17(12)11-4-3-8(14)5-10(11)15/h3-7H,1-2H3,(H,18,19). The van der Waals surface area contributed by atoms with E-state index in [4.69, 9.17) is 23.2 Å². The molecule has 0 saturated heterocycles. The van der Waals surface area contributed by atoms with Gasteiger partial charge in [-0.3, -0.25) is 0 Å². The largest absolute Gasteiger partial charge is 0.478 e. The van der Waals surface area contributed by atoms with Gasteiger partial charge in [-0.25, -0.2) is 9.48 Å². The van der Waals surface area contributed by atoms with Crippen LogP contribution in [0.2, 0.25) is 10.0 Å². The summed E-state index contributed by atoms with van der Waals surface area (Å²) in [6.07, 6.45) is 1.34. The first-order chi connectivity index (χ1) is 8.91. The van der Waals surface area contributed by atoms with E-state index in [2.05, 4.69) is 5.10 Å². The highest BCUT2D eigenvalue weighted by Crippen LogP contribution is 2.29. The molecule has 0 aliphatic carbocycles. The minimum absolute atomic E-state index is 0.000319. The van der Waals surface area contributed by atoms with E-state index in [1.54, 1.807) is 22.9 Å². The van der Waals surface area contributed by atoms with Crippen LogP contribution in [-0.2, 0) is 0 Å². The maximum Gasteiger partial charge on any atom is 0.339 e. The van der Waals surface area contributed by atoms with Crippen LogP contribution in [0.4, 0.5) is 0 Å². The smallest absolute Gasteiger partial charge is 0.339 e. The van der Waals surface area contributed by atoms with Gasteiger partial charge in [0.25, 0.3) is 0 Å². The topological polar surface area (TPSA) is 55.1 Å². The summed E-state index contributed by atoms with van der Waals surface area (Å²) in [6.45, 7) is 3.81. The molecule has 19 heavy (non-hydrogen) atoms. The molecule has 0 spiro atoms. The zero-order valence-electron chi connectivity index (χ0n) is 10.4. The Balaban J connectivity index is 2.65. The molecule has 1 aromatic carbocycles. The number of carboxylic acid groups (broad SMARTS) is 1. The summed E-state index contributed by atoms with van der Waals surface area (Å²) in [6, 6.07) is 5.01. The van der Waals surface area contributed by atoms with E-state index in [9.17, 15) is 9.90 Å². The summed E-state index contributed by atoms with van der Waals surface area (Å²) in [5, 5.41) is 14.3. The molecule has 0 radical (unpaired) electrons. The molecule has 0 aliphatic heterocycles. The molecular weight excluding hydrogens is 287 g/mol. The van der Waals surface area contributed by atoms with Crippen molar-refractivity contribution in [2.45, 2.75) is 19.8 Å². The monoisotopic (exact) mass is 298 g/mol. The van der Waals surface area contributed by atoms with Crippen LogP contribution in [-0.4, -0.2) is 20.9 Å². The Morgan fingerprint density at radius 2 is 2.05 bits per heavy atom. The number of hydrogen-bond acceptors (Lipinski definition) is 2. The third kappa shape index (κ3) is 2.60. The molecule has 1 N–H and O–H groups in total. The second-order valence-corrected chi connectivity index (χ2v) is 5.25. The van der Waals surface area contributed by atoms with Crippen molar-refractivity contribution >= 4 is 29.2 Å². The maximum atomic E-state index is 11.2. The number of hydrogen-bond donors (Lipinski definition) is 1. The fourth-order valence-corrected chi connectivity index (χ4v) is 2.41. The Kier molecular flexibility index (Phi) is 3.83. The average Bonchev–Trinajstić information content (AvgIpc) is 2.73. The summed E-state index contributed by atoms with van der Waals surface area (Å²) in [5.41, 5.74) is 1.40. The SMILES string of the molecule is CC(C)c1c(C(=O)O)cnn1-c1ccc(Cl)cc1Cl. The third-order valence-corrected chi connectivity index (χ3v) is 3.26. The van der Waals surface area contributed by atoms with E-state index < -0.39 is 5.97 Å². The summed E-state index contributed by atoms with van der Waals surface area (Å²) < 4.78 is 1.55. The number of carbonyl (C=O) groups is 1. The molecule has 0 aliphatic rings. The van der Waals surface area contributed by atoms with Crippen molar-refractivity contribution in [1.29, 1.82) is 0 Å². The van der Waals surface area contributed by atoms with E-state index in [-0.39, 0.29) is 11.5 Å². The number of aromatic nitrogens is 2. The Morgan fingerprint density at radius 1 is 1.37 bits per heavy atom. The van der Waals surface area contributed by atoms with Crippen LogP contribution in [0.5, 0.6) is 0 Å². The Labute approximate surface area is 120 Å². The Morgan fingerprint density at radius 3 is 2.58 bits per heavy atom. The quantitative estimate of drug-likeness (QED) is 0.932. The van der Waals surface area contributed by atoms with Gasteiger partial charge in [-0.2, -0.15) is 5.10 Å². The van der Waals surface area contributed by atoms with Crippen LogP contribution in [0, 0.1) is 0 Å². The van der Waals surface area contributed by atoms with Crippen molar-refractivity contribution in [3.8, 4) is 5.69 Å². The summed E-state index contributed by atoms with van der Waals surface area (Å²) in [7, 11) is 0. The van der Waals surface area contributed by atoms with Crippen LogP contribution < -0.4 is 0 Å². The average molecular weight is 299 g/mol. The summed E-state index contributed by atoms with van der Waals surface area (Å²) >= 11 is 12.0. The summed E-state index contributed by atoms with van der Waals surface area (Å²) in [4.78, 5) is 11.2. The third-order valence-electron chi connectivity index (χ3n) is 2.72. The van der Waals surface area contributed by atoms with E-state index in [0.717, 1.165) is 0 Å². The molecule has 0 amide bonds. The van der Waals surface area contributed by atoms with Gasteiger partial charge < -0.3 is 5.11 Å². The Hall–Kier alpha value is -1.52. The van der Waals surface area contributed by atoms with Crippen LogP contribution in [0.3, 0.4) is 0 Å². The molecule has 1 heterocycles. The van der Waals surface area contributed by atoms with Gasteiger partial charge in [0.15, 0.2) is 0 Å². The van der Waals surface area contributed by atoms with Crippen LogP contribution in [0.15, 0.2) is 24.4 Å². The molecule has 100 valence electrons. The normalized spacial score (nSPS) is 11.0. The van der Waals surface area contributed by atoms with E-state index >= 15 is 0 Å². The maximum absolute atomic E-state index is 11.2. The molecular formula is C13H12Cl2N2O2. The van der Waals surface area contributed by atoms with Crippen LogP contribution in [0.25, 0.3) is 5.69 Å². The molecule has 0 fully saturated rings. The lowest BCUT2D eigenvalue weighted by atomic mass is 10.1. The van der Waals surface area contributed by atoms with Crippen molar-refractivity contribution in [2.24, 2.45) is 0 Å². The number of carboxylic acids is 1. The second kappa shape index (κ2) is 5.23. The lowest BCUT2D eigenvalue weighted by molar-refractivity contribution is 0.0695. The van der Waals surface area contributed by atoms with E-state index in [0.29, 0.717) is 21.4 Å². The highest BCUT2D eigenvalue weighted by molar-refractivity contribution is 6.35. The first kappa shape index (κ1) is 13.9. The predicted octanol–water partition coefficient (Wildman–Crippen LogP) is 4.00. The molecule has 6 heteroatoms. The number of halogens is 2. The molecule has 0 bridgehead atoms. The lowest BCUT2D eigenvalue weighted by Gasteiger charge is -2.12. The molecule has 1 aromatic heterocycles. The van der Waals surface area contributed by atoms with E-state index in [1.165, 1.54) is 6.20 Å². The highest BCUT2D eigenvalue weighted by atomic mass is 35.5. The van der Waals surface area contributed by atoms with Gasteiger partial charge in [0.05, 0.1) is 22.6 Å². The van der Waals surface area contributed by atoms with Crippen LogP contribution >= 0.6 is 23.2 Å². The number of aromatic carboxylic acids is 1. The second-order valence-electron chi connectivity index (χ2n) is 4.41. The minimum Gasteiger partial charge on any atom is -0.478 e. The number of nitrogens with zero attached hydrogens (tertiary/aromatic N) is 2. The first-order valence-corrected chi connectivity index (χ1v) is 6.44. The van der Waals surface area contributed by atoms with Crippen molar-refractivity contribution in [2.75, 3.05) is 0 Å².